The monoisotopic (exact) mass is 1810 g/mol. The van der Waals surface area contributed by atoms with Crippen molar-refractivity contribution in [2.24, 2.45) is 0 Å². The number of phosphoric acid groups is 2. The molecule has 0 amide bonds. The molecule has 0 aromatic carbocycles. The fourth-order valence-corrected chi connectivity index (χ4v) is 15.3. The number of phosphoric ester groups is 2. The third-order valence-electron chi connectivity index (χ3n) is 21.3. The van der Waals surface area contributed by atoms with E-state index in [9.17, 15) is 43.5 Å². The second-order valence-corrected chi connectivity index (χ2v) is 36.4. The van der Waals surface area contributed by atoms with Gasteiger partial charge in [-0.1, -0.05) is 427 Å². The summed E-state index contributed by atoms with van der Waals surface area (Å²) in [5.74, 6) is -1.58. The van der Waals surface area contributed by atoms with E-state index in [1.54, 1.807) is 0 Å². The molecule has 0 heterocycles. The predicted octanol–water partition coefficient (Wildman–Crippen LogP) is 32.1. The van der Waals surface area contributed by atoms with Gasteiger partial charge in [-0.3, -0.25) is 32.5 Å². The molecule has 0 aliphatic rings. The van der Waals surface area contributed by atoms with Crippen LogP contribution in [-0.4, -0.2) is 95.9 Å². The lowest BCUT2D eigenvalue weighted by Crippen LogP contribution is -2.30. The number of rotatable bonds is 95. The van der Waals surface area contributed by atoms with Crippen LogP contribution in [0.2, 0.25) is 0 Å². The summed E-state index contributed by atoms with van der Waals surface area (Å²) in [5.41, 5.74) is 0. The van der Waals surface area contributed by atoms with E-state index in [1.807, 2.05) is 0 Å². The first-order valence-electron chi connectivity index (χ1n) is 50.7. The number of carbonyl (C=O) groups is 3. The van der Waals surface area contributed by atoms with Gasteiger partial charge < -0.3 is 34.2 Å². The maximum Gasteiger partial charge on any atom is 0.472 e. The van der Waals surface area contributed by atoms with Crippen LogP contribution in [0.1, 0.15) is 419 Å². The molecule has 5 unspecified atom stereocenters. The average Bonchev–Trinajstić information content (AvgIpc) is 0.901. The molecule has 0 aromatic rings. The van der Waals surface area contributed by atoms with Crippen molar-refractivity contribution in [3.8, 4) is 0 Å². The Labute approximate surface area is 776 Å². The van der Waals surface area contributed by atoms with Gasteiger partial charge in [0.25, 0.3) is 0 Å². The maximum atomic E-state index is 13.1. The third kappa shape index (κ3) is 101. The number of unbranched alkanes of at least 4 members (excludes halogenated alkanes) is 40. The summed E-state index contributed by atoms with van der Waals surface area (Å²) in [5, 5.41) is 20.8. The van der Waals surface area contributed by atoms with Crippen LogP contribution in [0, 0.1) is 0 Å². The van der Waals surface area contributed by atoms with Crippen LogP contribution in [-0.2, 0) is 55.8 Å². The lowest BCUT2D eigenvalue weighted by Gasteiger charge is -2.21. The number of esters is 3. The summed E-state index contributed by atoms with van der Waals surface area (Å²) in [4.78, 5) is 59.2. The zero-order chi connectivity index (χ0) is 92.1. The molecule has 0 saturated heterocycles. The SMILES string of the molecule is CC/C=C\C/C=C\C/C=C\C/C=C\C/C=C\C/C=C\CCCCCCCCCCCCC(=O)OCC(COP(=O)(O)OCC(O)COP(=O)(O)OCC(O)COC(=O)CCCCCCCCCCCCCCCCCCCCC/C=C\C/C=C\C/C=C\C/C=C\CCCCC)OC(=O)CCCCCCCCCC/C=C\C/C=C\C/C=C\C/C=C\C/C=C\C/C=C\CC. The van der Waals surface area contributed by atoms with E-state index in [0.717, 1.165) is 199 Å². The molecule has 0 spiro atoms. The minimum absolute atomic E-state index is 0.0870. The van der Waals surface area contributed by atoms with Gasteiger partial charge in [0, 0.05) is 19.3 Å². The van der Waals surface area contributed by atoms with Gasteiger partial charge in [0.2, 0.25) is 0 Å². The molecule has 0 saturated carbocycles. The van der Waals surface area contributed by atoms with E-state index in [0.29, 0.717) is 19.3 Å². The predicted molar refractivity (Wildman–Crippen MR) is 537 cm³/mol. The van der Waals surface area contributed by atoms with Crippen LogP contribution in [0.15, 0.2) is 194 Å². The molecule has 16 nitrogen and oxygen atoms in total. The molecule has 127 heavy (non-hydrogen) atoms. The zero-order valence-corrected chi connectivity index (χ0v) is 82.2. The van der Waals surface area contributed by atoms with Gasteiger partial charge in [-0.05, 0) is 167 Å². The van der Waals surface area contributed by atoms with Crippen molar-refractivity contribution in [2.75, 3.05) is 39.6 Å². The van der Waals surface area contributed by atoms with E-state index in [1.165, 1.54) is 161 Å². The zero-order valence-electron chi connectivity index (χ0n) is 80.4. The van der Waals surface area contributed by atoms with Gasteiger partial charge in [0.05, 0.1) is 26.4 Å². The molecule has 18 heteroatoms. The molecule has 0 bridgehead atoms. The molecular weight excluding hydrogens is 1630 g/mol. The first-order chi connectivity index (χ1) is 62.2. The third-order valence-corrected chi connectivity index (χ3v) is 23.2. The van der Waals surface area contributed by atoms with Crippen molar-refractivity contribution in [3.63, 3.8) is 0 Å². The number of hydrogen-bond donors (Lipinski definition) is 4. The first-order valence-corrected chi connectivity index (χ1v) is 53.7. The Morgan fingerprint density at radius 3 is 0.661 bits per heavy atom. The summed E-state index contributed by atoms with van der Waals surface area (Å²) in [6, 6.07) is 0. The van der Waals surface area contributed by atoms with E-state index >= 15 is 0 Å². The number of allylic oxidation sites excluding steroid dienone is 32. The van der Waals surface area contributed by atoms with Gasteiger partial charge in [0.15, 0.2) is 6.10 Å². The van der Waals surface area contributed by atoms with Gasteiger partial charge >= 0.3 is 33.6 Å². The van der Waals surface area contributed by atoms with Gasteiger partial charge in [-0.25, -0.2) is 9.13 Å². The Hall–Kier alpha value is -5.61. The molecule has 0 aliphatic carbocycles. The summed E-state index contributed by atoms with van der Waals surface area (Å²) in [7, 11) is -9.83. The van der Waals surface area contributed by atoms with Crippen LogP contribution < -0.4 is 0 Å². The van der Waals surface area contributed by atoms with E-state index in [4.69, 9.17) is 32.3 Å². The van der Waals surface area contributed by atoms with E-state index < -0.39 is 91.5 Å². The topological polar surface area (TPSA) is 231 Å². The molecule has 5 atom stereocenters. The second-order valence-electron chi connectivity index (χ2n) is 33.5. The van der Waals surface area contributed by atoms with Gasteiger partial charge in [-0.15, -0.1) is 0 Å². The number of carbonyl (C=O) groups excluding carboxylic acids is 3. The van der Waals surface area contributed by atoms with Crippen LogP contribution >= 0.6 is 15.6 Å². The fourth-order valence-electron chi connectivity index (χ4n) is 13.7. The fraction of sp³-hybridized carbons (Fsp3) is 0.679. The first kappa shape index (κ1) is 121. The Kier molecular flexibility index (Phi) is 95.0. The Morgan fingerprint density at radius 1 is 0.228 bits per heavy atom. The van der Waals surface area contributed by atoms with Crippen molar-refractivity contribution >= 4 is 33.6 Å². The minimum Gasteiger partial charge on any atom is -0.463 e. The quantitative estimate of drug-likeness (QED) is 0.0146. The second kappa shape index (κ2) is 99.4. The lowest BCUT2D eigenvalue weighted by atomic mass is 10.0. The summed E-state index contributed by atoms with van der Waals surface area (Å²) >= 11 is 0. The minimum atomic E-state index is -4.95. The van der Waals surface area contributed by atoms with Crippen molar-refractivity contribution in [1.82, 2.24) is 0 Å². The van der Waals surface area contributed by atoms with Crippen LogP contribution in [0.25, 0.3) is 0 Å². The number of aliphatic hydroxyl groups excluding tert-OH is 2. The highest BCUT2D eigenvalue weighted by atomic mass is 31.2. The lowest BCUT2D eigenvalue weighted by molar-refractivity contribution is -0.161. The number of aliphatic hydroxyl groups is 2. The summed E-state index contributed by atoms with van der Waals surface area (Å²) in [6.07, 6.45) is 133. The summed E-state index contributed by atoms with van der Waals surface area (Å²) in [6.45, 7) is 2.47. The Bertz CT molecular complexity index is 3090. The molecule has 0 aromatic heterocycles. The Balaban J connectivity index is 4.61. The van der Waals surface area contributed by atoms with Crippen LogP contribution in [0.4, 0.5) is 0 Å². The highest BCUT2D eigenvalue weighted by Gasteiger charge is 2.30. The molecule has 0 radical (unpaired) electrons. The van der Waals surface area contributed by atoms with Crippen LogP contribution in [0.5, 0.6) is 0 Å². The van der Waals surface area contributed by atoms with E-state index in [-0.39, 0.29) is 19.3 Å². The van der Waals surface area contributed by atoms with Crippen molar-refractivity contribution in [1.29, 1.82) is 0 Å². The van der Waals surface area contributed by atoms with E-state index in [2.05, 4.69) is 215 Å². The smallest absolute Gasteiger partial charge is 0.463 e. The normalized spacial score (nSPS) is 14.5. The highest BCUT2D eigenvalue weighted by Crippen LogP contribution is 2.45. The molecule has 4 N–H and O–H groups in total. The van der Waals surface area contributed by atoms with Crippen molar-refractivity contribution in [3.05, 3.63) is 194 Å². The number of ether oxygens (including phenoxy) is 3. The highest BCUT2D eigenvalue weighted by molar-refractivity contribution is 7.47. The molecule has 0 fully saturated rings. The maximum absolute atomic E-state index is 13.1. The number of hydrogen-bond acceptors (Lipinski definition) is 14. The molecule has 0 rings (SSSR count). The van der Waals surface area contributed by atoms with Crippen molar-refractivity contribution in [2.45, 2.75) is 437 Å². The van der Waals surface area contributed by atoms with Crippen LogP contribution in [0.3, 0.4) is 0 Å². The Morgan fingerprint density at radius 2 is 0.417 bits per heavy atom. The van der Waals surface area contributed by atoms with Crippen molar-refractivity contribution < 1.29 is 75.8 Å². The van der Waals surface area contributed by atoms with Gasteiger partial charge in [0.1, 0.15) is 25.4 Å². The average molecular weight is 1810 g/mol. The standard InChI is InChI=1S/C109H184O16P2/c1-4-7-10-13-16-19-22-25-28-31-34-37-40-43-46-48-49-50-51-52-53-55-58-59-62-65-68-71-74-77-80-83-86-89-92-95-107(112)119-98-104(110)99-121-126(115,116)122-100-105(111)101-123-127(117,118)124-103-106(125-109(114)97-94-91-88-85-82-79-76-73-70-67-64-61-56-45-42-39-36-33-30-27-24-21-18-15-12-9-6-3)102-120-108(113)96-93-90-87-84-81-78-75-72-69-66-63-60-57-54-47-44-41-38-35-32-29-26-23-20-17-14-11-8-5-2/h8-9,11-12,16-21,25-30,34-39,43-47,56-57,60,64,67,104-106,110-111H,4-7,10,13-15,22-24,31-33,40-42,48-55,58-59,61-63,65-66,68-103H2,1-3H3,(H,115,116)(H,117,118)/b11-8-,12-9-,19-16-,20-17-,21-18-,28-25-,29-26-,30-27-,37-34-,38-35-,39-36-,46-43-,47-44-,56-45-,60-57-,67-64-. The molecule has 726 valence electrons. The van der Waals surface area contributed by atoms with Gasteiger partial charge in [-0.2, -0.15) is 0 Å². The molecule has 0 aliphatic heterocycles. The molecular formula is C109H184O16P2. The summed E-state index contributed by atoms with van der Waals surface area (Å²) < 4.78 is 61.7. The largest absolute Gasteiger partial charge is 0.472 e.